The third kappa shape index (κ3) is 1.83. The van der Waals surface area contributed by atoms with E-state index in [1.54, 1.807) is 12.3 Å². The summed E-state index contributed by atoms with van der Waals surface area (Å²) >= 11 is 0. The number of fused-ring (bicyclic) bond motifs is 1. The van der Waals surface area contributed by atoms with Crippen molar-refractivity contribution >= 4 is 10.8 Å². The van der Waals surface area contributed by atoms with Gasteiger partial charge < -0.3 is 0 Å². The first-order valence-corrected chi connectivity index (χ1v) is 5.72. The van der Waals surface area contributed by atoms with E-state index < -0.39 is 0 Å². The molecule has 0 unspecified atom stereocenters. The number of nitrogens with zero attached hydrogens (tertiary/aromatic N) is 2. The minimum atomic E-state index is 0.633. The van der Waals surface area contributed by atoms with Crippen molar-refractivity contribution in [2.45, 2.75) is 0 Å². The number of pyridine rings is 1. The van der Waals surface area contributed by atoms with E-state index in [4.69, 9.17) is 5.26 Å². The van der Waals surface area contributed by atoms with Crippen molar-refractivity contribution in [2.24, 2.45) is 0 Å². The Kier molecular flexibility index (Phi) is 2.51. The standard InChI is InChI=1S/C16H10N2/c17-11-12-7-8-18-16(9-12)15-6-5-13-3-1-2-4-14(13)10-15/h1-10H. The number of rotatable bonds is 1. The summed E-state index contributed by atoms with van der Waals surface area (Å²) < 4.78 is 0. The fourth-order valence-electron chi connectivity index (χ4n) is 2.01. The maximum atomic E-state index is 8.90. The van der Waals surface area contributed by atoms with E-state index in [-0.39, 0.29) is 0 Å². The number of hydrogen-bond acceptors (Lipinski definition) is 2. The molecule has 0 aliphatic carbocycles. The first-order valence-electron chi connectivity index (χ1n) is 5.72. The van der Waals surface area contributed by atoms with E-state index >= 15 is 0 Å². The lowest BCUT2D eigenvalue weighted by Gasteiger charge is -2.03. The average molecular weight is 230 g/mol. The Bertz CT molecular complexity index is 754. The van der Waals surface area contributed by atoms with E-state index in [9.17, 15) is 0 Å². The van der Waals surface area contributed by atoms with Crippen LogP contribution in [0, 0.1) is 11.3 Å². The van der Waals surface area contributed by atoms with E-state index in [1.165, 1.54) is 10.8 Å². The van der Waals surface area contributed by atoms with Crippen LogP contribution in [0.4, 0.5) is 0 Å². The summed E-state index contributed by atoms with van der Waals surface area (Å²) in [5.41, 5.74) is 2.50. The Morgan fingerprint density at radius 2 is 1.72 bits per heavy atom. The van der Waals surface area contributed by atoms with Gasteiger partial charge in [0.2, 0.25) is 0 Å². The highest BCUT2D eigenvalue weighted by Gasteiger charge is 2.01. The maximum absolute atomic E-state index is 8.90. The molecule has 0 amide bonds. The lowest BCUT2D eigenvalue weighted by molar-refractivity contribution is 1.31. The van der Waals surface area contributed by atoms with E-state index in [0.717, 1.165) is 11.3 Å². The molecule has 1 aromatic heterocycles. The molecule has 3 aromatic rings. The van der Waals surface area contributed by atoms with Crippen LogP contribution in [-0.4, -0.2) is 4.98 Å². The van der Waals surface area contributed by atoms with Crippen molar-refractivity contribution in [3.63, 3.8) is 0 Å². The molecule has 2 heteroatoms. The van der Waals surface area contributed by atoms with Crippen molar-refractivity contribution in [1.29, 1.82) is 5.26 Å². The summed E-state index contributed by atoms with van der Waals surface area (Å²) in [6.45, 7) is 0. The van der Waals surface area contributed by atoms with Crippen molar-refractivity contribution in [1.82, 2.24) is 4.98 Å². The third-order valence-electron chi connectivity index (χ3n) is 2.93. The van der Waals surface area contributed by atoms with Gasteiger partial charge in [-0.1, -0.05) is 36.4 Å². The Labute approximate surface area is 105 Å². The van der Waals surface area contributed by atoms with Gasteiger partial charge in [-0.25, -0.2) is 0 Å². The van der Waals surface area contributed by atoms with Gasteiger partial charge in [0.15, 0.2) is 0 Å². The third-order valence-corrected chi connectivity index (χ3v) is 2.93. The Balaban J connectivity index is 2.16. The number of nitriles is 1. The van der Waals surface area contributed by atoms with E-state index in [0.29, 0.717) is 5.56 Å². The molecule has 3 rings (SSSR count). The van der Waals surface area contributed by atoms with Crippen LogP contribution >= 0.6 is 0 Å². The molecule has 0 aliphatic rings. The molecule has 0 bridgehead atoms. The van der Waals surface area contributed by atoms with Gasteiger partial charge in [0.25, 0.3) is 0 Å². The Hall–Kier alpha value is -2.66. The van der Waals surface area contributed by atoms with Crippen molar-refractivity contribution in [3.05, 3.63) is 66.4 Å². The topological polar surface area (TPSA) is 36.7 Å². The van der Waals surface area contributed by atoms with Crippen LogP contribution in [0.5, 0.6) is 0 Å². The molecule has 0 spiro atoms. The van der Waals surface area contributed by atoms with Gasteiger partial charge in [0, 0.05) is 11.8 Å². The highest BCUT2D eigenvalue weighted by molar-refractivity contribution is 5.86. The maximum Gasteiger partial charge on any atom is 0.0992 e. The van der Waals surface area contributed by atoms with Crippen LogP contribution < -0.4 is 0 Å². The van der Waals surface area contributed by atoms with Gasteiger partial charge in [-0.2, -0.15) is 5.26 Å². The molecule has 0 aliphatic heterocycles. The van der Waals surface area contributed by atoms with E-state index in [1.807, 2.05) is 24.3 Å². The summed E-state index contributed by atoms with van der Waals surface area (Å²) in [4.78, 5) is 4.31. The Morgan fingerprint density at radius 1 is 0.889 bits per heavy atom. The lowest BCUT2D eigenvalue weighted by Crippen LogP contribution is -1.85. The molecule has 1 heterocycles. The van der Waals surface area contributed by atoms with Crippen LogP contribution in [0.2, 0.25) is 0 Å². The van der Waals surface area contributed by atoms with Gasteiger partial charge >= 0.3 is 0 Å². The van der Waals surface area contributed by atoms with Crippen LogP contribution in [0.15, 0.2) is 60.8 Å². The molecule has 0 N–H and O–H groups in total. The van der Waals surface area contributed by atoms with Crippen molar-refractivity contribution in [3.8, 4) is 17.3 Å². The van der Waals surface area contributed by atoms with E-state index in [2.05, 4.69) is 35.3 Å². The first kappa shape index (κ1) is 10.5. The fourth-order valence-corrected chi connectivity index (χ4v) is 2.01. The number of hydrogen-bond donors (Lipinski definition) is 0. The molecule has 0 saturated carbocycles. The molecular weight excluding hydrogens is 220 g/mol. The van der Waals surface area contributed by atoms with Gasteiger partial charge in [-0.15, -0.1) is 0 Å². The van der Waals surface area contributed by atoms with Crippen LogP contribution in [0.3, 0.4) is 0 Å². The zero-order chi connectivity index (χ0) is 12.4. The predicted octanol–water partition coefficient (Wildman–Crippen LogP) is 3.77. The van der Waals surface area contributed by atoms with Gasteiger partial charge in [-0.05, 0) is 29.0 Å². The molecular formula is C16H10N2. The summed E-state index contributed by atoms with van der Waals surface area (Å²) in [6.07, 6.45) is 1.67. The lowest BCUT2D eigenvalue weighted by atomic mass is 10.0. The first-order chi connectivity index (χ1) is 8.86. The number of aromatic nitrogens is 1. The molecule has 18 heavy (non-hydrogen) atoms. The number of benzene rings is 2. The monoisotopic (exact) mass is 230 g/mol. The average Bonchev–Trinajstić information content (AvgIpc) is 2.47. The fraction of sp³-hybridized carbons (Fsp3) is 0. The molecule has 0 saturated heterocycles. The highest BCUT2D eigenvalue weighted by atomic mass is 14.7. The zero-order valence-electron chi connectivity index (χ0n) is 9.67. The minimum absolute atomic E-state index is 0.633. The second-order valence-corrected chi connectivity index (χ2v) is 4.10. The molecule has 0 atom stereocenters. The molecule has 84 valence electrons. The summed E-state index contributed by atoms with van der Waals surface area (Å²) in [6, 6.07) is 20.1. The van der Waals surface area contributed by atoms with Gasteiger partial charge in [-0.3, -0.25) is 4.98 Å². The van der Waals surface area contributed by atoms with Gasteiger partial charge in [0.05, 0.1) is 17.3 Å². The summed E-state index contributed by atoms with van der Waals surface area (Å²) in [5.74, 6) is 0. The molecule has 0 radical (unpaired) electrons. The van der Waals surface area contributed by atoms with Crippen molar-refractivity contribution in [2.75, 3.05) is 0 Å². The van der Waals surface area contributed by atoms with Gasteiger partial charge in [0.1, 0.15) is 0 Å². The molecule has 2 aromatic carbocycles. The summed E-state index contributed by atoms with van der Waals surface area (Å²) in [7, 11) is 0. The minimum Gasteiger partial charge on any atom is -0.256 e. The second kappa shape index (κ2) is 4.31. The smallest absolute Gasteiger partial charge is 0.0992 e. The SMILES string of the molecule is N#Cc1ccnc(-c2ccc3ccccc3c2)c1. The normalized spacial score (nSPS) is 10.2. The largest absolute Gasteiger partial charge is 0.256 e. The van der Waals surface area contributed by atoms with Crippen LogP contribution in [0.1, 0.15) is 5.56 Å². The van der Waals surface area contributed by atoms with Crippen LogP contribution in [0.25, 0.3) is 22.0 Å². The quantitative estimate of drug-likeness (QED) is 0.638. The predicted molar refractivity (Wildman–Crippen MR) is 71.9 cm³/mol. The molecule has 0 fully saturated rings. The van der Waals surface area contributed by atoms with Crippen LogP contribution in [-0.2, 0) is 0 Å². The summed E-state index contributed by atoms with van der Waals surface area (Å²) in [5, 5.41) is 11.3. The zero-order valence-corrected chi connectivity index (χ0v) is 9.67. The highest BCUT2D eigenvalue weighted by Crippen LogP contribution is 2.23. The Morgan fingerprint density at radius 3 is 2.56 bits per heavy atom. The second-order valence-electron chi connectivity index (χ2n) is 4.10. The van der Waals surface area contributed by atoms with Crippen molar-refractivity contribution < 1.29 is 0 Å². The molecule has 2 nitrogen and oxygen atoms in total.